The zero-order valence-corrected chi connectivity index (χ0v) is 9.36. The van der Waals surface area contributed by atoms with E-state index >= 15 is 0 Å². The van der Waals surface area contributed by atoms with E-state index in [0.29, 0.717) is 0 Å². The molecule has 0 saturated carbocycles. The van der Waals surface area contributed by atoms with Gasteiger partial charge in [0.25, 0.3) is 0 Å². The van der Waals surface area contributed by atoms with Crippen molar-refractivity contribution in [3.8, 4) is 0 Å². The molecule has 6 nitrogen and oxygen atoms in total. The van der Waals surface area contributed by atoms with Crippen molar-refractivity contribution < 1.29 is 10.0 Å². The largest absolute Gasteiger partial charge is 0.411 e. The van der Waals surface area contributed by atoms with E-state index in [1.807, 2.05) is 12.1 Å². The number of oxime groups is 1. The van der Waals surface area contributed by atoms with Crippen molar-refractivity contribution in [1.82, 2.24) is 9.88 Å². The van der Waals surface area contributed by atoms with E-state index in [9.17, 15) is 4.79 Å². The van der Waals surface area contributed by atoms with Crippen LogP contribution in [-0.4, -0.2) is 53.9 Å². The van der Waals surface area contributed by atoms with Gasteiger partial charge in [-0.15, -0.1) is 0 Å². The molecule has 0 spiro atoms. The summed E-state index contributed by atoms with van der Waals surface area (Å²) in [5.41, 5.74) is 0.753. The van der Waals surface area contributed by atoms with Crippen LogP contribution in [0.3, 0.4) is 0 Å². The molecule has 0 radical (unpaired) electrons. The van der Waals surface area contributed by atoms with Crippen LogP contribution in [0.2, 0.25) is 0 Å². The molecule has 0 atom stereocenters. The number of anilines is 1. The minimum atomic E-state index is 0.727. The lowest BCUT2D eigenvalue weighted by molar-refractivity contribution is -0.118. The summed E-state index contributed by atoms with van der Waals surface area (Å²) in [5, 5.41) is 11.3. The molecule has 1 saturated heterocycles. The van der Waals surface area contributed by atoms with Crippen LogP contribution in [0.4, 0.5) is 5.82 Å². The number of amides is 1. The van der Waals surface area contributed by atoms with Gasteiger partial charge < -0.3 is 15.0 Å². The molecule has 0 aliphatic carbocycles. The lowest BCUT2D eigenvalue weighted by Gasteiger charge is -2.33. The smallest absolute Gasteiger partial charge is 0.209 e. The molecule has 1 aliphatic rings. The third-order valence-electron chi connectivity index (χ3n) is 2.76. The molecule has 0 aromatic carbocycles. The predicted octanol–water partition coefficient (Wildman–Crippen LogP) is 0.168. The molecule has 6 heteroatoms. The summed E-state index contributed by atoms with van der Waals surface area (Å²) in [7, 11) is 0. The van der Waals surface area contributed by atoms with Crippen molar-refractivity contribution in [2.24, 2.45) is 5.16 Å². The van der Waals surface area contributed by atoms with Crippen LogP contribution in [0.25, 0.3) is 0 Å². The fourth-order valence-corrected chi connectivity index (χ4v) is 1.78. The number of hydrogen-bond acceptors (Lipinski definition) is 5. The fraction of sp³-hybridized carbons (Fsp3) is 0.364. The molecule has 1 amide bonds. The van der Waals surface area contributed by atoms with Crippen LogP contribution in [0, 0.1) is 0 Å². The third kappa shape index (κ3) is 2.72. The van der Waals surface area contributed by atoms with Crippen molar-refractivity contribution in [1.29, 1.82) is 0 Å². The molecule has 1 aromatic heterocycles. The molecule has 2 rings (SSSR count). The summed E-state index contributed by atoms with van der Waals surface area (Å²) in [5.74, 6) is 0.880. The van der Waals surface area contributed by atoms with Gasteiger partial charge in [-0.25, -0.2) is 4.98 Å². The molecule has 1 aliphatic heterocycles. The highest BCUT2D eigenvalue weighted by Gasteiger charge is 2.16. The van der Waals surface area contributed by atoms with Gasteiger partial charge in [-0.2, -0.15) is 0 Å². The van der Waals surface area contributed by atoms with Gasteiger partial charge >= 0.3 is 0 Å². The monoisotopic (exact) mass is 234 g/mol. The molecular weight excluding hydrogens is 220 g/mol. The first-order valence-corrected chi connectivity index (χ1v) is 5.41. The van der Waals surface area contributed by atoms with E-state index in [1.54, 1.807) is 11.1 Å². The SMILES string of the molecule is O=CN1CCN(c2ccc(/C=N/O)cn2)CC1. The summed E-state index contributed by atoms with van der Waals surface area (Å²) in [6, 6.07) is 3.72. The highest BCUT2D eigenvalue weighted by molar-refractivity contribution is 5.78. The van der Waals surface area contributed by atoms with E-state index in [1.165, 1.54) is 6.21 Å². The van der Waals surface area contributed by atoms with Crippen molar-refractivity contribution in [3.63, 3.8) is 0 Å². The Morgan fingerprint density at radius 3 is 2.59 bits per heavy atom. The molecular formula is C11H14N4O2. The third-order valence-corrected chi connectivity index (χ3v) is 2.76. The summed E-state index contributed by atoms with van der Waals surface area (Å²) in [6.45, 7) is 3.04. The Labute approximate surface area is 99.2 Å². The summed E-state index contributed by atoms with van der Waals surface area (Å²) in [4.78, 5) is 18.7. The highest BCUT2D eigenvalue weighted by Crippen LogP contribution is 2.12. The maximum atomic E-state index is 10.6. The van der Waals surface area contributed by atoms with Gasteiger partial charge in [0.2, 0.25) is 6.41 Å². The quantitative estimate of drug-likeness (QED) is 0.350. The molecule has 1 fully saturated rings. The second-order valence-corrected chi connectivity index (χ2v) is 3.82. The lowest BCUT2D eigenvalue weighted by atomic mass is 10.2. The molecule has 17 heavy (non-hydrogen) atoms. The number of piperazine rings is 1. The van der Waals surface area contributed by atoms with Crippen LogP contribution in [0.1, 0.15) is 5.56 Å². The minimum Gasteiger partial charge on any atom is -0.411 e. The van der Waals surface area contributed by atoms with Gasteiger partial charge in [-0.3, -0.25) is 4.79 Å². The maximum absolute atomic E-state index is 10.6. The number of pyridine rings is 1. The number of carbonyl (C=O) groups excluding carboxylic acids is 1. The van der Waals surface area contributed by atoms with Gasteiger partial charge in [0, 0.05) is 37.9 Å². The first-order chi connectivity index (χ1) is 8.33. The van der Waals surface area contributed by atoms with Crippen molar-refractivity contribution >= 4 is 18.4 Å². The normalized spacial score (nSPS) is 16.5. The topological polar surface area (TPSA) is 69.0 Å². The first-order valence-electron chi connectivity index (χ1n) is 5.41. The van der Waals surface area contributed by atoms with Gasteiger partial charge in [0.05, 0.1) is 6.21 Å². The second-order valence-electron chi connectivity index (χ2n) is 3.82. The molecule has 2 heterocycles. The summed E-state index contributed by atoms with van der Waals surface area (Å²) >= 11 is 0. The Morgan fingerprint density at radius 1 is 1.29 bits per heavy atom. The van der Waals surface area contributed by atoms with Crippen LogP contribution in [-0.2, 0) is 4.79 Å². The Kier molecular flexibility index (Phi) is 3.54. The van der Waals surface area contributed by atoms with E-state index in [4.69, 9.17) is 5.21 Å². The fourth-order valence-electron chi connectivity index (χ4n) is 1.78. The van der Waals surface area contributed by atoms with Gasteiger partial charge in [0.1, 0.15) is 5.82 Å². The number of rotatable bonds is 3. The number of hydrogen-bond donors (Lipinski definition) is 1. The first kappa shape index (κ1) is 11.4. The van der Waals surface area contributed by atoms with Gasteiger partial charge in [-0.05, 0) is 12.1 Å². The molecule has 1 aromatic rings. The minimum absolute atomic E-state index is 0.727. The van der Waals surface area contributed by atoms with Crippen molar-refractivity contribution in [2.75, 3.05) is 31.1 Å². The van der Waals surface area contributed by atoms with Crippen molar-refractivity contribution in [2.45, 2.75) is 0 Å². The van der Waals surface area contributed by atoms with Gasteiger partial charge in [-0.1, -0.05) is 5.16 Å². The number of carbonyl (C=O) groups is 1. The maximum Gasteiger partial charge on any atom is 0.209 e. The van der Waals surface area contributed by atoms with Crippen molar-refractivity contribution in [3.05, 3.63) is 23.9 Å². The zero-order valence-electron chi connectivity index (χ0n) is 9.36. The van der Waals surface area contributed by atoms with Crippen LogP contribution >= 0.6 is 0 Å². The summed E-state index contributed by atoms with van der Waals surface area (Å²) < 4.78 is 0. The van der Waals surface area contributed by atoms with E-state index in [2.05, 4.69) is 15.0 Å². The second kappa shape index (κ2) is 5.29. The standard InChI is InChI=1S/C11H14N4O2/c16-9-14-3-5-15(6-4-14)11-2-1-10(7-12-11)8-13-17/h1-2,7-9,17H,3-6H2/b13-8+. The Morgan fingerprint density at radius 2 is 2.06 bits per heavy atom. The van der Waals surface area contributed by atoms with Gasteiger partial charge in [0.15, 0.2) is 0 Å². The number of aromatic nitrogens is 1. The van der Waals surface area contributed by atoms with Crippen LogP contribution in [0.5, 0.6) is 0 Å². The van der Waals surface area contributed by atoms with Crippen LogP contribution in [0.15, 0.2) is 23.5 Å². The van der Waals surface area contributed by atoms with Crippen LogP contribution < -0.4 is 4.90 Å². The molecule has 90 valence electrons. The Hall–Kier alpha value is -2.11. The average Bonchev–Trinajstić information content (AvgIpc) is 2.40. The predicted molar refractivity (Wildman–Crippen MR) is 63.5 cm³/mol. The lowest BCUT2D eigenvalue weighted by Crippen LogP contribution is -2.46. The van der Waals surface area contributed by atoms with E-state index in [0.717, 1.165) is 44.0 Å². The average molecular weight is 234 g/mol. The zero-order chi connectivity index (χ0) is 12.1. The number of nitrogens with zero attached hydrogens (tertiary/aromatic N) is 4. The molecule has 0 unspecified atom stereocenters. The van der Waals surface area contributed by atoms with E-state index < -0.39 is 0 Å². The summed E-state index contributed by atoms with van der Waals surface area (Å²) in [6.07, 6.45) is 3.87. The Bertz CT molecular complexity index is 396. The molecule has 1 N–H and O–H groups in total. The Balaban J connectivity index is 2.01. The molecule has 0 bridgehead atoms. The van der Waals surface area contributed by atoms with E-state index in [-0.39, 0.29) is 0 Å². The highest BCUT2D eigenvalue weighted by atomic mass is 16.4.